The Morgan fingerprint density at radius 3 is 3.20 bits per heavy atom. The number of hydrogen-bond acceptors (Lipinski definition) is 4. The lowest BCUT2D eigenvalue weighted by Crippen LogP contribution is -1.94. The monoisotopic (exact) mass is 135 g/mol. The Hall–Kier alpha value is -1.52. The lowest BCUT2D eigenvalue weighted by molar-refractivity contribution is 0.800. The largest absolute Gasteiger partial charge is 0.273 e. The second-order valence-corrected chi connectivity index (χ2v) is 1.98. The summed E-state index contributed by atoms with van der Waals surface area (Å²) >= 11 is 0. The van der Waals surface area contributed by atoms with E-state index in [1.165, 1.54) is 0 Å². The van der Waals surface area contributed by atoms with Crippen molar-refractivity contribution in [3.05, 3.63) is 18.0 Å². The molecule has 0 amide bonds. The van der Waals surface area contributed by atoms with Gasteiger partial charge in [-0.1, -0.05) is 5.10 Å². The van der Waals surface area contributed by atoms with Gasteiger partial charge < -0.3 is 0 Å². The van der Waals surface area contributed by atoms with Crippen LogP contribution in [-0.2, 0) is 0 Å². The van der Waals surface area contributed by atoms with Crippen molar-refractivity contribution in [2.45, 2.75) is 6.92 Å². The molecule has 0 aromatic carbocycles. The van der Waals surface area contributed by atoms with Crippen LogP contribution in [0.2, 0.25) is 0 Å². The molecule has 10 heavy (non-hydrogen) atoms. The molecular weight excluding hydrogens is 130 g/mol. The van der Waals surface area contributed by atoms with E-state index in [-0.39, 0.29) is 0 Å². The maximum absolute atomic E-state index is 3.93. The molecule has 2 heterocycles. The molecular formula is C5H5N5. The third-order valence-corrected chi connectivity index (χ3v) is 1.29. The Bertz CT molecular complexity index is 352. The van der Waals surface area contributed by atoms with Crippen LogP contribution in [0.15, 0.2) is 12.3 Å². The fraction of sp³-hybridized carbons (Fsp3) is 0.200. The fourth-order valence-electron chi connectivity index (χ4n) is 0.774. The van der Waals surface area contributed by atoms with Crippen LogP contribution in [0.3, 0.4) is 0 Å². The van der Waals surface area contributed by atoms with E-state index in [1.807, 2.05) is 13.0 Å². The number of hydrogen-bond donors (Lipinski definition) is 0. The van der Waals surface area contributed by atoms with Gasteiger partial charge in [-0.2, -0.15) is 4.52 Å². The van der Waals surface area contributed by atoms with Crippen molar-refractivity contribution >= 4 is 5.78 Å². The molecule has 2 aromatic rings. The molecule has 0 saturated carbocycles. The summed E-state index contributed by atoms with van der Waals surface area (Å²) in [7, 11) is 0. The van der Waals surface area contributed by atoms with Crippen molar-refractivity contribution in [2.75, 3.05) is 0 Å². The van der Waals surface area contributed by atoms with Gasteiger partial charge in [-0.25, -0.2) is 4.98 Å². The number of nitrogens with zero attached hydrogens (tertiary/aromatic N) is 5. The number of tetrazole rings is 1. The van der Waals surface area contributed by atoms with Crippen LogP contribution >= 0.6 is 0 Å². The quantitative estimate of drug-likeness (QED) is 0.503. The van der Waals surface area contributed by atoms with Crippen LogP contribution < -0.4 is 0 Å². The number of rotatable bonds is 0. The minimum absolute atomic E-state index is 0.542. The highest BCUT2D eigenvalue weighted by atomic mass is 15.5. The summed E-state index contributed by atoms with van der Waals surface area (Å²) in [4.78, 5) is 3.93. The van der Waals surface area contributed by atoms with Gasteiger partial charge in [-0.05, 0) is 23.4 Å². The van der Waals surface area contributed by atoms with Crippen LogP contribution in [0.25, 0.3) is 5.78 Å². The summed E-state index contributed by atoms with van der Waals surface area (Å²) in [6.45, 7) is 1.92. The number of aryl methyl sites for hydroxylation is 1. The second kappa shape index (κ2) is 1.73. The van der Waals surface area contributed by atoms with E-state index >= 15 is 0 Å². The molecule has 2 aromatic heterocycles. The summed E-state index contributed by atoms with van der Waals surface area (Å²) < 4.78 is 1.58. The molecule has 0 spiro atoms. The molecule has 0 atom stereocenters. The van der Waals surface area contributed by atoms with Crippen molar-refractivity contribution in [3.63, 3.8) is 0 Å². The zero-order valence-electron chi connectivity index (χ0n) is 5.39. The zero-order chi connectivity index (χ0) is 6.97. The maximum atomic E-state index is 3.93. The van der Waals surface area contributed by atoms with Gasteiger partial charge >= 0.3 is 0 Å². The van der Waals surface area contributed by atoms with Crippen LogP contribution in [-0.4, -0.2) is 25.0 Å². The molecule has 0 fully saturated rings. The van der Waals surface area contributed by atoms with Crippen molar-refractivity contribution < 1.29 is 0 Å². The van der Waals surface area contributed by atoms with Crippen LogP contribution in [0.5, 0.6) is 0 Å². The third-order valence-electron chi connectivity index (χ3n) is 1.29. The molecule has 2 rings (SSSR count). The van der Waals surface area contributed by atoms with E-state index in [2.05, 4.69) is 20.5 Å². The highest BCUT2D eigenvalue weighted by molar-refractivity contribution is 5.23. The van der Waals surface area contributed by atoms with Gasteiger partial charge in [0.15, 0.2) is 0 Å². The SMILES string of the molecule is Cc1ccnc2nnnn12. The van der Waals surface area contributed by atoms with E-state index in [0.717, 1.165) is 5.69 Å². The van der Waals surface area contributed by atoms with Crippen molar-refractivity contribution in [2.24, 2.45) is 0 Å². The van der Waals surface area contributed by atoms with Gasteiger partial charge in [0, 0.05) is 11.9 Å². The molecule has 0 aliphatic rings. The predicted octanol–water partition coefficient (Wildman–Crippen LogP) is -0.172. The molecule has 0 N–H and O–H groups in total. The first-order valence-electron chi connectivity index (χ1n) is 2.87. The van der Waals surface area contributed by atoms with E-state index in [1.54, 1.807) is 10.7 Å². The average Bonchev–Trinajstić information content (AvgIpc) is 2.36. The number of fused-ring (bicyclic) bond motifs is 1. The average molecular weight is 135 g/mol. The third kappa shape index (κ3) is 0.570. The Balaban J connectivity index is 2.95. The van der Waals surface area contributed by atoms with E-state index < -0.39 is 0 Å². The highest BCUT2D eigenvalue weighted by Gasteiger charge is 1.96. The molecule has 5 nitrogen and oxygen atoms in total. The molecule has 0 saturated heterocycles. The van der Waals surface area contributed by atoms with Gasteiger partial charge in [-0.15, -0.1) is 0 Å². The van der Waals surface area contributed by atoms with Crippen molar-refractivity contribution in [1.29, 1.82) is 0 Å². The molecule has 50 valence electrons. The molecule has 0 aliphatic carbocycles. The summed E-state index contributed by atoms with van der Waals surface area (Å²) in [5, 5.41) is 10.8. The fourth-order valence-corrected chi connectivity index (χ4v) is 0.774. The minimum atomic E-state index is 0.542. The molecule has 0 bridgehead atoms. The molecule has 5 heteroatoms. The van der Waals surface area contributed by atoms with Gasteiger partial charge in [0.25, 0.3) is 5.78 Å². The van der Waals surface area contributed by atoms with E-state index in [9.17, 15) is 0 Å². The first-order valence-corrected chi connectivity index (χ1v) is 2.87. The standard InChI is InChI=1S/C5H5N5/c1-4-2-3-6-5-7-8-9-10(4)5/h2-3H,1H3. The Labute approximate surface area is 56.7 Å². The predicted molar refractivity (Wildman–Crippen MR) is 33.3 cm³/mol. The first kappa shape index (κ1) is 5.28. The van der Waals surface area contributed by atoms with Gasteiger partial charge in [0.05, 0.1) is 0 Å². The van der Waals surface area contributed by atoms with Gasteiger partial charge in [-0.3, -0.25) is 0 Å². The summed E-state index contributed by atoms with van der Waals surface area (Å²) in [5.74, 6) is 0.542. The molecule has 0 unspecified atom stereocenters. The van der Waals surface area contributed by atoms with Crippen LogP contribution in [0.4, 0.5) is 0 Å². The van der Waals surface area contributed by atoms with Gasteiger partial charge in [0.1, 0.15) is 0 Å². The first-order chi connectivity index (χ1) is 4.88. The number of aromatic nitrogens is 5. The zero-order valence-corrected chi connectivity index (χ0v) is 5.39. The summed E-state index contributed by atoms with van der Waals surface area (Å²) in [5.41, 5.74) is 0.981. The molecule has 0 aliphatic heterocycles. The van der Waals surface area contributed by atoms with Crippen LogP contribution in [0, 0.1) is 6.92 Å². The lowest BCUT2D eigenvalue weighted by atomic mass is 10.5. The van der Waals surface area contributed by atoms with E-state index in [4.69, 9.17) is 0 Å². The maximum Gasteiger partial charge on any atom is 0.273 e. The Morgan fingerprint density at radius 2 is 2.40 bits per heavy atom. The minimum Gasteiger partial charge on any atom is -0.218 e. The van der Waals surface area contributed by atoms with E-state index in [0.29, 0.717) is 5.78 Å². The second-order valence-electron chi connectivity index (χ2n) is 1.98. The lowest BCUT2D eigenvalue weighted by Gasteiger charge is -1.90. The van der Waals surface area contributed by atoms with Crippen molar-refractivity contribution in [1.82, 2.24) is 25.0 Å². The smallest absolute Gasteiger partial charge is 0.218 e. The molecule has 0 radical (unpaired) electrons. The summed E-state index contributed by atoms with van der Waals surface area (Å²) in [6, 6.07) is 1.85. The Morgan fingerprint density at radius 1 is 1.50 bits per heavy atom. The normalized spacial score (nSPS) is 10.5. The van der Waals surface area contributed by atoms with Crippen molar-refractivity contribution in [3.8, 4) is 0 Å². The topological polar surface area (TPSA) is 56.0 Å². The summed E-state index contributed by atoms with van der Waals surface area (Å²) in [6.07, 6.45) is 1.68. The highest BCUT2D eigenvalue weighted by Crippen LogP contribution is 1.94. The van der Waals surface area contributed by atoms with Crippen LogP contribution in [0.1, 0.15) is 5.69 Å². The Kier molecular flexibility index (Phi) is 0.913. The van der Waals surface area contributed by atoms with Gasteiger partial charge in [0.2, 0.25) is 0 Å².